The van der Waals surface area contributed by atoms with Crippen molar-refractivity contribution in [1.82, 2.24) is 4.31 Å². The van der Waals surface area contributed by atoms with Crippen LogP contribution in [0.2, 0.25) is 0 Å². The summed E-state index contributed by atoms with van der Waals surface area (Å²) >= 11 is 0. The Labute approximate surface area is 77.4 Å². The molecule has 76 valence electrons. The fourth-order valence-electron chi connectivity index (χ4n) is 1.63. The quantitative estimate of drug-likeness (QED) is 0.700. The van der Waals surface area contributed by atoms with Gasteiger partial charge in [0.25, 0.3) is 0 Å². The molecule has 0 amide bonds. The fraction of sp³-hybridized carbons (Fsp3) is 0.857. The molecule has 1 heterocycles. The SMILES string of the molecule is CCN1C(CC(=O)O)CCS1(=O)=O. The van der Waals surface area contributed by atoms with Crippen LogP contribution in [0.1, 0.15) is 19.8 Å². The van der Waals surface area contributed by atoms with Gasteiger partial charge in [-0.1, -0.05) is 6.92 Å². The largest absolute Gasteiger partial charge is 0.481 e. The number of carbonyl (C=O) groups is 1. The number of aliphatic carboxylic acids is 1. The Morgan fingerprint density at radius 3 is 2.69 bits per heavy atom. The normalized spacial score (nSPS) is 27.6. The summed E-state index contributed by atoms with van der Waals surface area (Å²) in [6.07, 6.45) is 0.343. The van der Waals surface area contributed by atoms with E-state index in [9.17, 15) is 13.2 Å². The summed E-state index contributed by atoms with van der Waals surface area (Å²) in [5, 5.41) is 8.54. The Hall–Kier alpha value is -0.620. The molecule has 0 aliphatic carbocycles. The first-order valence-electron chi connectivity index (χ1n) is 4.18. The Morgan fingerprint density at radius 2 is 2.23 bits per heavy atom. The van der Waals surface area contributed by atoms with E-state index in [1.165, 1.54) is 4.31 Å². The van der Waals surface area contributed by atoms with Crippen molar-refractivity contribution in [2.75, 3.05) is 12.3 Å². The fourth-order valence-corrected chi connectivity index (χ4v) is 3.47. The molecular weight excluding hydrogens is 194 g/mol. The second kappa shape index (κ2) is 3.63. The number of sulfonamides is 1. The van der Waals surface area contributed by atoms with Crippen molar-refractivity contribution >= 4 is 16.0 Å². The lowest BCUT2D eigenvalue weighted by Crippen LogP contribution is -2.34. The second-order valence-corrected chi connectivity index (χ2v) is 5.10. The van der Waals surface area contributed by atoms with Crippen LogP contribution < -0.4 is 0 Å². The highest BCUT2D eigenvalue weighted by molar-refractivity contribution is 7.89. The third-order valence-corrected chi connectivity index (χ3v) is 4.22. The average molecular weight is 207 g/mol. The summed E-state index contributed by atoms with van der Waals surface area (Å²) in [5.74, 6) is -0.862. The summed E-state index contributed by atoms with van der Waals surface area (Å²) < 4.78 is 23.9. The lowest BCUT2D eigenvalue weighted by molar-refractivity contribution is -0.137. The molecule has 0 aromatic carbocycles. The minimum atomic E-state index is -3.16. The van der Waals surface area contributed by atoms with E-state index >= 15 is 0 Å². The van der Waals surface area contributed by atoms with Crippen LogP contribution in [0.25, 0.3) is 0 Å². The zero-order chi connectivity index (χ0) is 10.1. The van der Waals surface area contributed by atoms with E-state index < -0.39 is 16.0 Å². The van der Waals surface area contributed by atoms with Crippen LogP contribution in [0.5, 0.6) is 0 Å². The van der Waals surface area contributed by atoms with Crippen molar-refractivity contribution in [2.45, 2.75) is 25.8 Å². The minimum Gasteiger partial charge on any atom is -0.481 e. The predicted molar refractivity (Wildman–Crippen MR) is 46.8 cm³/mol. The van der Waals surface area contributed by atoms with Crippen LogP contribution >= 0.6 is 0 Å². The van der Waals surface area contributed by atoms with Gasteiger partial charge in [-0.25, -0.2) is 8.42 Å². The molecule has 0 aromatic heterocycles. The van der Waals surface area contributed by atoms with Gasteiger partial charge >= 0.3 is 5.97 Å². The third-order valence-electron chi connectivity index (χ3n) is 2.20. The van der Waals surface area contributed by atoms with Crippen molar-refractivity contribution < 1.29 is 18.3 Å². The molecule has 1 atom stereocenters. The molecule has 6 heteroatoms. The van der Waals surface area contributed by atoms with Gasteiger partial charge in [-0.05, 0) is 6.42 Å². The summed E-state index contributed by atoms with van der Waals surface area (Å²) in [6.45, 7) is 2.08. The van der Waals surface area contributed by atoms with Gasteiger partial charge in [-0.2, -0.15) is 4.31 Å². The van der Waals surface area contributed by atoms with E-state index in [-0.39, 0.29) is 18.2 Å². The van der Waals surface area contributed by atoms with Gasteiger partial charge in [0.05, 0.1) is 12.2 Å². The van der Waals surface area contributed by atoms with E-state index in [1.807, 2.05) is 0 Å². The first kappa shape index (κ1) is 10.5. The van der Waals surface area contributed by atoms with E-state index in [1.54, 1.807) is 6.92 Å². The van der Waals surface area contributed by atoms with Crippen molar-refractivity contribution in [1.29, 1.82) is 0 Å². The van der Waals surface area contributed by atoms with Crippen molar-refractivity contribution in [3.05, 3.63) is 0 Å². The monoisotopic (exact) mass is 207 g/mol. The zero-order valence-electron chi connectivity index (χ0n) is 7.43. The summed E-state index contributed by atoms with van der Waals surface area (Å²) in [7, 11) is -3.16. The van der Waals surface area contributed by atoms with Crippen LogP contribution in [0, 0.1) is 0 Å². The average Bonchev–Trinajstić information content (AvgIpc) is 2.25. The van der Waals surface area contributed by atoms with Crippen LogP contribution in [0.4, 0.5) is 0 Å². The van der Waals surface area contributed by atoms with Gasteiger partial charge < -0.3 is 5.11 Å². The van der Waals surface area contributed by atoms with Gasteiger partial charge in [0.2, 0.25) is 10.0 Å². The maximum Gasteiger partial charge on any atom is 0.304 e. The maximum atomic E-state index is 11.3. The molecule has 1 unspecified atom stereocenters. The maximum absolute atomic E-state index is 11.3. The molecule has 1 N–H and O–H groups in total. The van der Waals surface area contributed by atoms with Crippen molar-refractivity contribution in [3.63, 3.8) is 0 Å². The molecule has 0 spiro atoms. The first-order valence-corrected chi connectivity index (χ1v) is 5.79. The molecule has 1 aliphatic rings. The Bertz CT molecular complexity index is 298. The Kier molecular flexibility index (Phi) is 2.92. The number of rotatable bonds is 3. The minimum absolute atomic E-state index is 0.0821. The van der Waals surface area contributed by atoms with Crippen LogP contribution in [-0.4, -0.2) is 42.1 Å². The molecular formula is C7H13NO4S. The third kappa shape index (κ3) is 2.19. The van der Waals surface area contributed by atoms with Gasteiger partial charge in [-0.15, -0.1) is 0 Å². The molecule has 1 fully saturated rings. The molecule has 0 aromatic rings. The van der Waals surface area contributed by atoms with E-state index in [4.69, 9.17) is 5.11 Å². The van der Waals surface area contributed by atoms with E-state index in [2.05, 4.69) is 0 Å². The van der Waals surface area contributed by atoms with Crippen molar-refractivity contribution in [3.8, 4) is 0 Å². The lowest BCUT2D eigenvalue weighted by atomic mass is 10.1. The molecule has 0 bridgehead atoms. The Balaban J connectivity index is 2.74. The standard InChI is InChI=1S/C7H13NO4S/c1-2-8-6(5-7(9)10)3-4-13(8,11)12/h6H,2-5H2,1H3,(H,9,10). The van der Waals surface area contributed by atoms with Gasteiger partial charge in [-0.3, -0.25) is 4.79 Å². The highest BCUT2D eigenvalue weighted by Gasteiger charge is 2.36. The molecule has 13 heavy (non-hydrogen) atoms. The van der Waals surface area contributed by atoms with Crippen LogP contribution in [-0.2, 0) is 14.8 Å². The summed E-state index contributed by atoms with van der Waals surface area (Å²) in [6, 6.07) is -0.340. The molecule has 1 saturated heterocycles. The number of nitrogens with zero attached hydrogens (tertiary/aromatic N) is 1. The van der Waals surface area contributed by atoms with Crippen molar-refractivity contribution in [2.24, 2.45) is 0 Å². The zero-order valence-corrected chi connectivity index (χ0v) is 8.25. The topological polar surface area (TPSA) is 74.7 Å². The number of hydrogen-bond donors (Lipinski definition) is 1. The summed E-state index contributed by atoms with van der Waals surface area (Å²) in [4.78, 5) is 10.4. The van der Waals surface area contributed by atoms with Crippen LogP contribution in [0.3, 0.4) is 0 Å². The lowest BCUT2D eigenvalue weighted by Gasteiger charge is -2.19. The predicted octanol–water partition coefficient (Wildman–Crippen LogP) is -0.115. The van der Waals surface area contributed by atoms with Gasteiger partial charge in [0, 0.05) is 12.6 Å². The van der Waals surface area contributed by atoms with Gasteiger partial charge in [0.1, 0.15) is 0 Å². The summed E-state index contributed by atoms with van der Waals surface area (Å²) in [5.41, 5.74) is 0. The highest BCUT2D eigenvalue weighted by atomic mass is 32.2. The first-order chi connectivity index (χ1) is 5.97. The second-order valence-electron chi connectivity index (χ2n) is 3.06. The molecule has 1 rings (SSSR count). The van der Waals surface area contributed by atoms with Gasteiger partial charge in [0.15, 0.2) is 0 Å². The molecule has 5 nitrogen and oxygen atoms in total. The number of hydrogen-bond acceptors (Lipinski definition) is 3. The smallest absolute Gasteiger partial charge is 0.304 e. The highest BCUT2D eigenvalue weighted by Crippen LogP contribution is 2.22. The van der Waals surface area contributed by atoms with E-state index in [0.717, 1.165) is 0 Å². The number of carboxylic acids is 1. The van der Waals surface area contributed by atoms with E-state index in [0.29, 0.717) is 13.0 Å². The Morgan fingerprint density at radius 1 is 1.62 bits per heavy atom. The number of carboxylic acid groups (broad SMARTS) is 1. The van der Waals surface area contributed by atoms with Crippen LogP contribution in [0.15, 0.2) is 0 Å². The molecule has 1 aliphatic heterocycles. The molecule has 0 saturated carbocycles. The molecule has 0 radical (unpaired) electrons.